The van der Waals surface area contributed by atoms with Gasteiger partial charge in [-0.05, 0) is 68.6 Å². The van der Waals surface area contributed by atoms with E-state index in [1.54, 1.807) is 0 Å². The van der Waals surface area contributed by atoms with E-state index in [1.807, 2.05) is 0 Å². The third-order valence-corrected chi connectivity index (χ3v) is 8.08. The number of hydrogen-bond acceptors (Lipinski definition) is 3. The van der Waals surface area contributed by atoms with Gasteiger partial charge in [0.25, 0.3) is 0 Å². The Morgan fingerprint density at radius 2 is 1.58 bits per heavy atom. The molecule has 0 aromatic heterocycles. The molecule has 134 valence electrons. The summed E-state index contributed by atoms with van der Waals surface area (Å²) in [7, 11) is 0. The lowest BCUT2D eigenvalue weighted by atomic mass is 9.89. The quantitative estimate of drug-likeness (QED) is 0.833. The highest BCUT2D eigenvalue weighted by atomic mass is 16.3. The standard InChI is InChI=1S/C20H32N2O2/c23-16-4-2-1-3-15(16)22-9-7-14(8-10-22)21-20(24)19-17-12-5-6-13(11-12)18(17)19/h12-19,23H,1-11H2,(H,21,24). The van der Waals surface area contributed by atoms with Crippen molar-refractivity contribution < 1.29 is 9.90 Å². The van der Waals surface area contributed by atoms with E-state index < -0.39 is 0 Å². The van der Waals surface area contributed by atoms with Crippen LogP contribution >= 0.6 is 0 Å². The number of aliphatic hydroxyl groups is 1. The Balaban J connectivity index is 1.11. The van der Waals surface area contributed by atoms with Gasteiger partial charge in [0.15, 0.2) is 0 Å². The maximum atomic E-state index is 12.7. The molecule has 24 heavy (non-hydrogen) atoms. The number of aliphatic hydroxyl groups excluding tert-OH is 1. The van der Waals surface area contributed by atoms with E-state index in [1.165, 1.54) is 32.1 Å². The van der Waals surface area contributed by atoms with Crippen LogP contribution in [0.2, 0.25) is 0 Å². The molecule has 5 fully saturated rings. The summed E-state index contributed by atoms with van der Waals surface area (Å²) in [5, 5.41) is 13.6. The average molecular weight is 332 g/mol. The van der Waals surface area contributed by atoms with Crippen LogP contribution in [0, 0.1) is 29.6 Å². The van der Waals surface area contributed by atoms with E-state index in [4.69, 9.17) is 0 Å². The number of hydrogen-bond donors (Lipinski definition) is 2. The van der Waals surface area contributed by atoms with Gasteiger partial charge in [-0.3, -0.25) is 9.69 Å². The van der Waals surface area contributed by atoms with Gasteiger partial charge in [-0.2, -0.15) is 0 Å². The Morgan fingerprint density at radius 1 is 0.917 bits per heavy atom. The van der Waals surface area contributed by atoms with Gasteiger partial charge in [0.2, 0.25) is 5.91 Å². The smallest absolute Gasteiger partial charge is 0.223 e. The minimum absolute atomic E-state index is 0.133. The molecule has 5 rings (SSSR count). The second-order valence-electron chi connectivity index (χ2n) is 9.25. The Bertz CT molecular complexity index is 486. The van der Waals surface area contributed by atoms with Crippen molar-refractivity contribution in [3.63, 3.8) is 0 Å². The summed E-state index contributed by atoms with van der Waals surface area (Å²) >= 11 is 0. The van der Waals surface area contributed by atoms with Crippen LogP contribution in [0.5, 0.6) is 0 Å². The van der Waals surface area contributed by atoms with E-state index in [2.05, 4.69) is 10.2 Å². The lowest BCUT2D eigenvalue weighted by Crippen LogP contribution is -2.52. The number of amides is 1. The van der Waals surface area contributed by atoms with Crippen LogP contribution in [-0.2, 0) is 4.79 Å². The molecule has 1 aliphatic heterocycles. The molecular formula is C20H32N2O2. The number of likely N-dealkylation sites (tertiary alicyclic amines) is 1. The van der Waals surface area contributed by atoms with Gasteiger partial charge < -0.3 is 10.4 Å². The third-order valence-electron chi connectivity index (χ3n) is 8.08. The highest BCUT2D eigenvalue weighted by Gasteiger charge is 2.67. The fourth-order valence-electron chi connectivity index (χ4n) is 6.87. The van der Waals surface area contributed by atoms with Gasteiger partial charge >= 0.3 is 0 Å². The second-order valence-corrected chi connectivity index (χ2v) is 9.25. The van der Waals surface area contributed by atoms with Crippen molar-refractivity contribution in [2.45, 2.75) is 76.0 Å². The molecule has 1 saturated heterocycles. The lowest BCUT2D eigenvalue weighted by molar-refractivity contribution is -0.124. The minimum atomic E-state index is -0.133. The van der Waals surface area contributed by atoms with Crippen molar-refractivity contribution in [1.29, 1.82) is 0 Å². The predicted octanol–water partition coefficient (Wildman–Crippen LogP) is 2.16. The normalized spacial score (nSPS) is 48.3. The molecule has 4 nitrogen and oxygen atoms in total. The van der Waals surface area contributed by atoms with Crippen molar-refractivity contribution in [1.82, 2.24) is 10.2 Å². The van der Waals surface area contributed by atoms with Crippen molar-refractivity contribution in [2.24, 2.45) is 29.6 Å². The molecule has 5 aliphatic rings. The van der Waals surface area contributed by atoms with Crippen molar-refractivity contribution in [3.8, 4) is 0 Å². The maximum absolute atomic E-state index is 12.7. The van der Waals surface area contributed by atoms with E-state index in [-0.39, 0.29) is 6.10 Å². The first-order valence-electron chi connectivity index (χ1n) is 10.4. The van der Waals surface area contributed by atoms with Crippen molar-refractivity contribution in [2.75, 3.05) is 13.1 Å². The zero-order valence-electron chi connectivity index (χ0n) is 14.7. The van der Waals surface area contributed by atoms with Crippen LogP contribution < -0.4 is 5.32 Å². The number of piperidine rings is 1. The lowest BCUT2D eigenvalue weighted by Gasteiger charge is -2.41. The summed E-state index contributed by atoms with van der Waals surface area (Å²) in [6, 6.07) is 0.738. The number of fused-ring (bicyclic) bond motifs is 5. The summed E-state index contributed by atoms with van der Waals surface area (Å²) < 4.78 is 0. The largest absolute Gasteiger partial charge is 0.391 e. The van der Waals surface area contributed by atoms with E-state index in [0.29, 0.717) is 23.9 Å². The topological polar surface area (TPSA) is 52.6 Å². The fourth-order valence-corrected chi connectivity index (χ4v) is 6.87. The number of carbonyl (C=O) groups excluding carboxylic acids is 1. The summed E-state index contributed by atoms with van der Waals surface area (Å²) in [4.78, 5) is 15.2. The zero-order valence-corrected chi connectivity index (χ0v) is 14.7. The van der Waals surface area contributed by atoms with Crippen LogP contribution in [-0.4, -0.2) is 47.2 Å². The number of nitrogens with zero attached hydrogens (tertiary/aromatic N) is 1. The Kier molecular flexibility index (Phi) is 3.89. The molecule has 6 atom stereocenters. The van der Waals surface area contributed by atoms with Crippen LogP contribution in [0.4, 0.5) is 0 Å². The first-order valence-corrected chi connectivity index (χ1v) is 10.4. The van der Waals surface area contributed by atoms with Crippen molar-refractivity contribution in [3.05, 3.63) is 0 Å². The zero-order chi connectivity index (χ0) is 16.3. The van der Waals surface area contributed by atoms with E-state index in [9.17, 15) is 9.90 Å². The minimum Gasteiger partial charge on any atom is -0.391 e. The predicted molar refractivity (Wildman–Crippen MR) is 92.3 cm³/mol. The monoisotopic (exact) mass is 332 g/mol. The maximum Gasteiger partial charge on any atom is 0.223 e. The van der Waals surface area contributed by atoms with Crippen molar-refractivity contribution >= 4 is 5.91 Å². The first kappa shape index (κ1) is 15.6. The van der Waals surface area contributed by atoms with Crippen LogP contribution in [0.3, 0.4) is 0 Å². The molecular weight excluding hydrogens is 300 g/mol. The fraction of sp³-hybridized carbons (Fsp3) is 0.950. The third kappa shape index (κ3) is 2.52. The highest BCUT2D eigenvalue weighted by Crippen LogP contribution is 2.69. The van der Waals surface area contributed by atoms with Gasteiger partial charge in [0, 0.05) is 31.1 Å². The average Bonchev–Trinajstić information content (AvgIpc) is 3.04. The van der Waals surface area contributed by atoms with Gasteiger partial charge in [-0.1, -0.05) is 12.8 Å². The van der Waals surface area contributed by atoms with Gasteiger partial charge in [0.05, 0.1) is 6.10 Å². The molecule has 4 aliphatic carbocycles. The number of nitrogens with one attached hydrogen (secondary N) is 1. The Hall–Kier alpha value is -0.610. The molecule has 0 radical (unpaired) electrons. The molecule has 2 bridgehead atoms. The Labute approximate surface area is 145 Å². The summed E-state index contributed by atoms with van der Waals surface area (Å²) in [5.41, 5.74) is 0. The molecule has 6 unspecified atom stereocenters. The SMILES string of the molecule is O=C(NC1CCN(C2CCCCC2O)CC1)C1C2C3CCC(C3)C12. The molecule has 1 amide bonds. The summed E-state index contributed by atoms with van der Waals surface area (Å²) in [5.74, 6) is 4.01. The van der Waals surface area contributed by atoms with Crippen LogP contribution in [0.1, 0.15) is 57.8 Å². The van der Waals surface area contributed by atoms with Crippen LogP contribution in [0.25, 0.3) is 0 Å². The summed E-state index contributed by atoms with van der Waals surface area (Å²) in [6.45, 7) is 2.07. The van der Waals surface area contributed by atoms with Crippen LogP contribution in [0.15, 0.2) is 0 Å². The second kappa shape index (κ2) is 5.98. The van der Waals surface area contributed by atoms with E-state index >= 15 is 0 Å². The molecule has 4 saturated carbocycles. The molecule has 2 N–H and O–H groups in total. The van der Waals surface area contributed by atoms with Gasteiger partial charge in [-0.15, -0.1) is 0 Å². The number of carbonyl (C=O) groups is 1. The van der Waals surface area contributed by atoms with Gasteiger partial charge in [0.1, 0.15) is 0 Å². The van der Waals surface area contributed by atoms with Gasteiger partial charge in [-0.25, -0.2) is 0 Å². The van der Waals surface area contributed by atoms with E-state index in [0.717, 1.165) is 62.4 Å². The summed E-state index contributed by atoms with van der Waals surface area (Å²) in [6.07, 6.45) is 10.7. The first-order chi connectivity index (χ1) is 11.7. The molecule has 4 heteroatoms. The highest BCUT2D eigenvalue weighted by molar-refractivity contribution is 5.83. The molecule has 0 aromatic carbocycles. The molecule has 0 aromatic rings. The number of rotatable bonds is 3. The molecule has 1 heterocycles. The molecule has 0 spiro atoms. The Morgan fingerprint density at radius 3 is 2.25 bits per heavy atom.